The molecule has 0 spiro atoms. The molecule has 6 bridgehead atoms. The zero-order chi connectivity index (χ0) is 32.1. The SMILES string of the molecule is COc1cc2c3cc1Oc1c(O)c(OC)cc4c1C(Cc1ccc(OC)c(c1)-c1cc(ccc1OC)CC3N(C)CC2)N(C)CC4. The van der Waals surface area contributed by atoms with E-state index in [4.69, 9.17) is 23.7 Å². The molecule has 2 atom stereocenters. The lowest BCUT2D eigenvalue weighted by atomic mass is 9.86. The van der Waals surface area contributed by atoms with E-state index in [9.17, 15) is 5.11 Å². The summed E-state index contributed by atoms with van der Waals surface area (Å²) in [6.07, 6.45) is 3.20. The van der Waals surface area contributed by atoms with Crippen LogP contribution in [0.15, 0.2) is 54.6 Å². The van der Waals surface area contributed by atoms with Crippen LogP contribution in [0.2, 0.25) is 0 Å². The minimum absolute atomic E-state index is 0.00811. The summed E-state index contributed by atoms with van der Waals surface area (Å²) >= 11 is 0. The number of methoxy groups -OCH3 is 4. The van der Waals surface area contributed by atoms with Gasteiger partial charge in [-0.15, -0.1) is 0 Å². The molecular weight excluding hydrogens is 580 g/mol. The highest BCUT2D eigenvalue weighted by molar-refractivity contribution is 5.77. The molecule has 0 saturated heterocycles. The molecule has 0 amide bonds. The van der Waals surface area contributed by atoms with Crippen LogP contribution in [0.1, 0.15) is 45.5 Å². The van der Waals surface area contributed by atoms with Crippen LogP contribution in [0.5, 0.6) is 40.2 Å². The Hall–Kier alpha value is -4.40. The van der Waals surface area contributed by atoms with Gasteiger partial charge >= 0.3 is 0 Å². The van der Waals surface area contributed by atoms with Gasteiger partial charge < -0.3 is 28.8 Å². The molecule has 4 aromatic carbocycles. The summed E-state index contributed by atoms with van der Waals surface area (Å²) in [5.41, 5.74) is 8.83. The molecule has 3 heterocycles. The van der Waals surface area contributed by atoms with Crippen molar-refractivity contribution in [2.75, 3.05) is 55.6 Å². The van der Waals surface area contributed by atoms with Gasteiger partial charge in [0.1, 0.15) is 11.5 Å². The first-order valence-electron chi connectivity index (χ1n) is 15.9. The summed E-state index contributed by atoms with van der Waals surface area (Å²) in [4.78, 5) is 4.74. The molecule has 0 aliphatic carbocycles. The number of benzene rings is 4. The molecule has 2 unspecified atom stereocenters. The number of phenols is 1. The van der Waals surface area contributed by atoms with Gasteiger partial charge in [-0.3, -0.25) is 9.80 Å². The number of nitrogens with zero attached hydrogens (tertiary/aromatic N) is 2. The van der Waals surface area contributed by atoms with Gasteiger partial charge in [0.25, 0.3) is 0 Å². The van der Waals surface area contributed by atoms with Gasteiger partial charge in [0, 0.05) is 41.9 Å². The second-order valence-electron chi connectivity index (χ2n) is 12.6. The average Bonchev–Trinajstić information content (AvgIpc) is 3.07. The summed E-state index contributed by atoms with van der Waals surface area (Å²) in [6, 6.07) is 19.1. The molecule has 0 saturated carbocycles. The second kappa shape index (κ2) is 12.1. The Balaban J connectivity index is 1.52. The Morgan fingerprint density at radius 1 is 0.652 bits per heavy atom. The molecule has 7 rings (SSSR count). The predicted molar refractivity (Wildman–Crippen MR) is 178 cm³/mol. The number of hydrogen-bond acceptors (Lipinski definition) is 8. The molecule has 8 heteroatoms. The van der Waals surface area contributed by atoms with Crippen molar-refractivity contribution in [3.05, 3.63) is 88.0 Å². The normalized spacial score (nSPS) is 19.1. The van der Waals surface area contributed by atoms with Gasteiger partial charge in [-0.1, -0.05) is 12.1 Å². The molecular formula is C38H42N2O6. The van der Waals surface area contributed by atoms with Crippen molar-refractivity contribution in [3.63, 3.8) is 0 Å². The van der Waals surface area contributed by atoms with Gasteiger partial charge in [-0.05, 0) is 110 Å². The third-order valence-electron chi connectivity index (χ3n) is 10.1. The monoisotopic (exact) mass is 622 g/mol. The fourth-order valence-electron chi connectivity index (χ4n) is 7.53. The van der Waals surface area contributed by atoms with Gasteiger partial charge in [-0.2, -0.15) is 0 Å². The smallest absolute Gasteiger partial charge is 0.201 e. The molecule has 240 valence electrons. The third kappa shape index (κ3) is 5.10. The Morgan fingerprint density at radius 3 is 1.80 bits per heavy atom. The first-order chi connectivity index (χ1) is 22.3. The van der Waals surface area contributed by atoms with Gasteiger partial charge in [0.2, 0.25) is 5.75 Å². The maximum absolute atomic E-state index is 11.7. The van der Waals surface area contributed by atoms with Crippen LogP contribution in [0.4, 0.5) is 0 Å². The predicted octanol–water partition coefficient (Wildman–Crippen LogP) is 6.74. The summed E-state index contributed by atoms with van der Waals surface area (Å²) < 4.78 is 30.2. The van der Waals surface area contributed by atoms with Crippen molar-refractivity contribution in [2.24, 2.45) is 0 Å². The van der Waals surface area contributed by atoms with Crippen LogP contribution in [-0.2, 0) is 25.7 Å². The third-order valence-corrected chi connectivity index (χ3v) is 10.1. The number of aromatic hydroxyl groups is 1. The van der Waals surface area contributed by atoms with Crippen LogP contribution >= 0.6 is 0 Å². The van der Waals surface area contributed by atoms with Crippen molar-refractivity contribution in [3.8, 4) is 51.4 Å². The minimum Gasteiger partial charge on any atom is -0.502 e. The van der Waals surface area contributed by atoms with Crippen molar-refractivity contribution >= 4 is 0 Å². The van der Waals surface area contributed by atoms with E-state index in [0.29, 0.717) is 29.4 Å². The molecule has 3 aliphatic rings. The van der Waals surface area contributed by atoms with Gasteiger partial charge in [0.15, 0.2) is 23.0 Å². The molecule has 1 N–H and O–H groups in total. The van der Waals surface area contributed by atoms with E-state index in [0.717, 1.165) is 71.7 Å². The highest BCUT2D eigenvalue weighted by Gasteiger charge is 2.34. The van der Waals surface area contributed by atoms with Gasteiger partial charge in [0.05, 0.1) is 28.4 Å². The lowest BCUT2D eigenvalue weighted by Gasteiger charge is -2.37. The van der Waals surface area contributed by atoms with Crippen molar-refractivity contribution in [2.45, 2.75) is 37.8 Å². The van der Waals surface area contributed by atoms with Crippen LogP contribution < -0.4 is 23.7 Å². The van der Waals surface area contributed by atoms with Crippen molar-refractivity contribution in [1.29, 1.82) is 0 Å². The molecule has 0 fully saturated rings. The summed E-state index contributed by atoms with van der Waals surface area (Å²) in [7, 11) is 11.0. The Bertz CT molecular complexity index is 1800. The average molecular weight is 623 g/mol. The number of rotatable bonds is 4. The fraction of sp³-hybridized carbons (Fsp3) is 0.368. The standard InChI is InChI=1S/C38H42N2O6/c1-39-13-11-24-19-33(44-5)34-21-26(24)29(39)17-22-7-9-31(42-3)27(15-22)28-16-23(8-10-32(28)43-4)18-30-36-25(12-14-40(30)2)20-35(45-6)37(41)38(36)46-34/h7-10,15-16,19-21,29-30,41H,11-14,17-18H2,1-6H3. The Kier molecular flexibility index (Phi) is 7.95. The van der Waals surface area contributed by atoms with E-state index in [1.807, 2.05) is 12.1 Å². The molecule has 46 heavy (non-hydrogen) atoms. The number of fused-ring (bicyclic) bond motifs is 6. The van der Waals surface area contributed by atoms with E-state index < -0.39 is 0 Å². The topological polar surface area (TPSA) is 72.9 Å². The van der Waals surface area contributed by atoms with E-state index >= 15 is 0 Å². The van der Waals surface area contributed by atoms with Crippen LogP contribution in [0.3, 0.4) is 0 Å². The van der Waals surface area contributed by atoms with Gasteiger partial charge in [-0.25, -0.2) is 0 Å². The minimum atomic E-state index is -0.0690. The maximum atomic E-state index is 11.7. The number of phenolic OH excluding ortho intramolecular Hbond substituents is 1. The zero-order valence-electron chi connectivity index (χ0n) is 27.5. The number of hydrogen-bond donors (Lipinski definition) is 1. The summed E-state index contributed by atoms with van der Waals surface area (Å²) in [6.45, 7) is 1.79. The highest BCUT2D eigenvalue weighted by atomic mass is 16.5. The summed E-state index contributed by atoms with van der Waals surface area (Å²) in [5, 5.41) is 11.7. The molecule has 4 aromatic rings. The van der Waals surface area contributed by atoms with Crippen LogP contribution in [-0.4, -0.2) is 70.5 Å². The van der Waals surface area contributed by atoms with E-state index in [1.54, 1.807) is 28.4 Å². The zero-order valence-corrected chi connectivity index (χ0v) is 27.5. The molecule has 0 radical (unpaired) electrons. The Morgan fingerprint density at radius 2 is 1.20 bits per heavy atom. The van der Waals surface area contributed by atoms with E-state index in [1.165, 1.54) is 16.7 Å². The maximum Gasteiger partial charge on any atom is 0.201 e. The number of likely N-dealkylation sites (N-methyl/N-ethyl adjacent to an activating group) is 2. The van der Waals surface area contributed by atoms with Crippen LogP contribution in [0.25, 0.3) is 11.1 Å². The Labute approximate surface area is 271 Å². The summed E-state index contributed by atoms with van der Waals surface area (Å²) in [5.74, 6) is 3.63. The quantitative estimate of drug-likeness (QED) is 0.268. The van der Waals surface area contributed by atoms with Crippen molar-refractivity contribution < 1.29 is 28.8 Å². The fourth-order valence-corrected chi connectivity index (χ4v) is 7.53. The largest absolute Gasteiger partial charge is 0.502 e. The lowest BCUT2D eigenvalue weighted by molar-refractivity contribution is 0.220. The first-order valence-corrected chi connectivity index (χ1v) is 15.9. The second-order valence-corrected chi connectivity index (χ2v) is 12.6. The number of ether oxygens (including phenoxy) is 5. The van der Waals surface area contributed by atoms with Crippen LogP contribution in [0, 0.1) is 0 Å². The highest BCUT2D eigenvalue weighted by Crippen LogP contribution is 2.51. The first kappa shape index (κ1) is 30.3. The molecule has 0 aromatic heterocycles. The lowest BCUT2D eigenvalue weighted by Crippen LogP contribution is -2.34. The molecule has 8 nitrogen and oxygen atoms in total. The molecule has 3 aliphatic heterocycles. The van der Waals surface area contributed by atoms with E-state index in [2.05, 4.69) is 66.4 Å². The van der Waals surface area contributed by atoms with E-state index in [-0.39, 0.29) is 17.8 Å². The van der Waals surface area contributed by atoms with Crippen molar-refractivity contribution in [1.82, 2.24) is 9.80 Å².